The molecule has 0 saturated carbocycles. The first kappa shape index (κ1) is 13.9. The summed E-state index contributed by atoms with van der Waals surface area (Å²) >= 11 is 0. The van der Waals surface area contributed by atoms with E-state index in [1.807, 2.05) is 0 Å². The number of hydrogen-bond donors (Lipinski definition) is 1. The molecule has 0 fully saturated rings. The van der Waals surface area contributed by atoms with E-state index in [0.717, 1.165) is 6.54 Å². The van der Waals surface area contributed by atoms with E-state index in [0.29, 0.717) is 18.2 Å². The molecule has 1 unspecified atom stereocenters. The molecule has 0 bridgehead atoms. The monoisotopic (exact) mass is 200 g/mol. The van der Waals surface area contributed by atoms with Gasteiger partial charge in [-0.25, -0.2) is 0 Å². The summed E-state index contributed by atoms with van der Waals surface area (Å²) in [6.07, 6.45) is 3.03. The highest BCUT2D eigenvalue weighted by atomic mass is 15.3. The van der Waals surface area contributed by atoms with Crippen LogP contribution < -0.4 is 5.32 Å². The van der Waals surface area contributed by atoms with Gasteiger partial charge in [-0.05, 0) is 47.6 Å². The van der Waals surface area contributed by atoms with Crippen LogP contribution in [0.1, 0.15) is 54.4 Å². The van der Waals surface area contributed by atoms with Crippen LogP contribution in [0.25, 0.3) is 0 Å². The Morgan fingerprint density at radius 1 is 1.00 bits per heavy atom. The Bertz CT molecular complexity index is 124. The van der Waals surface area contributed by atoms with Gasteiger partial charge in [-0.2, -0.15) is 0 Å². The first-order chi connectivity index (χ1) is 6.50. The minimum Gasteiger partial charge on any atom is -0.302 e. The average Bonchev–Trinajstić information content (AvgIpc) is 2.03. The van der Waals surface area contributed by atoms with E-state index < -0.39 is 0 Å². The number of rotatable bonds is 7. The van der Waals surface area contributed by atoms with Gasteiger partial charge in [0.1, 0.15) is 0 Å². The van der Waals surface area contributed by atoms with E-state index in [2.05, 4.69) is 51.8 Å². The lowest BCUT2D eigenvalue weighted by Gasteiger charge is -2.36. The quantitative estimate of drug-likeness (QED) is 0.502. The van der Waals surface area contributed by atoms with Crippen LogP contribution in [-0.4, -0.2) is 29.7 Å². The van der Waals surface area contributed by atoms with Crippen molar-refractivity contribution in [1.29, 1.82) is 0 Å². The zero-order valence-electron chi connectivity index (χ0n) is 10.8. The fourth-order valence-electron chi connectivity index (χ4n) is 2.08. The highest BCUT2D eigenvalue weighted by Crippen LogP contribution is 2.08. The molecule has 0 heterocycles. The third kappa shape index (κ3) is 4.97. The molecular weight excluding hydrogens is 172 g/mol. The number of nitrogens with zero attached hydrogens (tertiary/aromatic N) is 1. The maximum atomic E-state index is 3.57. The van der Waals surface area contributed by atoms with Crippen molar-refractivity contribution in [3.63, 3.8) is 0 Å². The molecule has 2 heteroatoms. The Hall–Kier alpha value is -0.0800. The summed E-state index contributed by atoms with van der Waals surface area (Å²) in [5.41, 5.74) is 0. The van der Waals surface area contributed by atoms with E-state index in [4.69, 9.17) is 0 Å². The molecule has 0 aromatic carbocycles. The normalized spacial score (nSPS) is 14.4. The molecule has 2 nitrogen and oxygen atoms in total. The fraction of sp³-hybridized carbons (Fsp3) is 1.00. The summed E-state index contributed by atoms with van der Waals surface area (Å²) in [6.45, 7) is 14.7. The molecule has 86 valence electrons. The van der Waals surface area contributed by atoms with Crippen molar-refractivity contribution in [2.75, 3.05) is 6.54 Å². The van der Waals surface area contributed by atoms with Crippen LogP contribution in [-0.2, 0) is 0 Å². The van der Waals surface area contributed by atoms with E-state index in [1.54, 1.807) is 0 Å². The van der Waals surface area contributed by atoms with Gasteiger partial charge in [0, 0.05) is 12.1 Å². The molecule has 0 aliphatic heterocycles. The molecule has 1 atom stereocenters. The second-order valence-electron chi connectivity index (χ2n) is 4.62. The largest absolute Gasteiger partial charge is 0.302 e. The Labute approximate surface area is 90.1 Å². The molecule has 0 aromatic rings. The molecule has 0 aliphatic carbocycles. The standard InChI is InChI=1S/C12H28N2/c1-7-8-9-13-12(6)14(10(2)3)11(4)5/h10-13H,7-9H2,1-6H3. The van der Waals surface area contributed by atoms with Gasteiger partial charge in [-0.3, -0.25) is 4.90 Å². The SMILES string of the molecule is CCCCNC(C)N(C(C)C)C(C)C. The third-order valence-corrected chi connectivity index (χ3v) is 2.61. The summed E-state index contributed by atoms with van der Waals surface area (Å²) in [4.78, 5) is 2.51. The zero-order valence-corrected chi connectivity index (χ0v) is 10.8. The number of nitrogens with one attached hydrogen (secondary N) is 1. The Kier molecular flexibility index (Phi) is 7.20. The van der Waals surface area contributed by atoms with E-state index in [9.17, 15) is 0 Å². The zero-order chi connectivity index (χ0) is 11.1. The molecular formula is C12H28N2. The van der Waals surface area contributed by atoms with Crippen molar-refractivity contribution in [2.45, 2.75) is 72.6 Å². The van der Waals surface area contributed by atoms with Gasteiger partial charge in [-0.15, -0.1) is 0 Å². The van der Waals surface area contributed by atoms with Crippen molar-refractivity contribution in [3.05, 3.63) is 0 Å². The van der Waals surface area contributed by atoms with Gasteiger partial charge < -0.3 is 5.32 Å². The minimum atomic E-state index is 0.488. The maximum Gasteiger partial charge on any atom is 0.0572 e. The minimum absolute atomic E-state index is 0.488. The second kappa shape index (κ2) is 7.24. The predicted molar refractivity (Wildman–Crippen MR) is 64.5 cm³/mol. The third-order valence-electron chi connectivity index (χ3n) is 2.61. The van der Waals surface area contributed by atoms with Crippen LogP contribution >= 0.6 is 0 Å². The fourth-order valence-corrected chi connectivity index (χ4v) is 2.08. The first-order valence-electron chi connectivity index (χ1n) is 6.01. The molecule has 0 saturated heterocycles. The van der Waals surface area contributed by atoms with Gasteiger partial charge in [-0.1, -0.05) is 13.3 Å². The summed E-state index contributed by atoms with van der Waals surface area (Å²) in [7, 11) is 0. The smallest absolute Gasteiger partial charge is 0.0572 e. The molecule has 0 aliphatic rings. The number of hydrogen-bond acceptors (Lipinski definition) is 2. The molecule has 14 heavy (non-hydrogen) atoms. The summed E-state index contributed by atoms with van der Waals surface area (Å²) < 4.78 is 0. The average molecular weight is 200 g/mol. The highest BCUT2D eigenvalue weighted by Gasteiger charge is 2.18. The van der Waals surface area contributed by atoms with Gasteiger partial charge in [0.15, 0.2) is 0 Å². The number of unbranched alkanes of at least 4 members (excludes halogenated alkanes) is 1. The van der Waals surface area contributed by atoms with Gasteiger partial charge >= 0.3 is 0 Å². The molecule has 0 rings (SSSR count). The topological polar surface area (TPSA) is 15.3 Å². The summed E-state index contributed by atoms with van der Waals surface area (Å²) in [5, 5.41) is 3.57. The van der Waals surface area contributed by atoms with Crippen molar-refractivity contribution in [1.82, 2.24) is 10.2 Å². The van der Waals surface area contributed by atoms with Crippen molar-refractivity contribution < 1.29 is 0 Å². The molecule has 0 radical (unpaired) electrons. The van der Waals surface area contributed by atoms with Gasteiger partial charge in [0.25, 0.3) is 0 Å². The van der Waals surface area contributed by atoms with Crippen molar-refractivity contribution in [3.8, 4) is 0 Å². The Morgan fingerprint density at radius 2 is 1.50 bits per heavy atom. The summed E-state index contributed by atoms with van der Waals surface area (Å²) in [5.74, 6) is 0. The van der Waals surface area contributed by atoms with Crippen LogP contribution in [0.3, 0.4) is 0 Å². The molecule has 0 amide bonds. The lowest BCUT2D eigenvalue weighted by molar-refractivity contribution is 0.101. The molecule has 1 N–H and O–H groups in total. The van der Waals surface area contributed by atoms with E-state index >= 15 is 0 Å². The van der Waals surface area contributed by atoms with Crippen LogP contribution in [0.4, 0.5) is 0 Å². The van der Waals surface area contributed by atoms with Gasteiger partial charge in [0.2, 0.25) is 0 Å². The van der Waals surface area contributed by atoms with Crippen LogP contribution in [0.15, 0.2) is 0 Å². The highest BCUT2D eigenvalue weighted by molar-refractivity contribution is 4.72. The maximum absolute atomic E-state index is 3.57. The van der Waals surface area contributed by atoms with Crippen LogP contribution in [0.2, 0.25) is 0 Å². The van der Waals surface area contributed by atoms with Crippen LogP contribution in [0, 0.1) is 0 Å². The van der Waals surface area contributed by atoms with Crippen molar-refractivity contribution >= 4 is 0 Å². The lowest BCUT2D eigenvalue weighted by atomic mass is 10.2. The Balaban J connectivity index is 3.96. The van der Waals surface area contributed by atoms with E-state index in [-0.39, 0.29) is 0 Å². The first-order valence-corrected chi connectivity index (χ1v) is 6.01. The Morgan fingerprint density at radius 3 is 1.86 bits per heavy atom. The lowest BCUT2D eigenvalue weighted by Crippen LogP contribution is -2.50. The van der Waals surface area contributed by atoms with Crippen LogP contribution in [0.5, 0.6) is 0 Å². The van der Waals surface area contributed by atoms with Gasteiger partial charge in [0.05, 0.1) is 6.17 Å². The molecule has 0 spiro atoms. The predicted octanol–water partition coefficient (Wildman–Crippen LogP) is 2.84. The van der Waals surface area contributed by atoms with E-state index in [1.165, 1.54) is 12.8 Å². The molecule has 0 aromatic heterocycles. The second-order valence-corrected chi connectivity index (χ2v) is 4.62. The summed E-state index contributed by atoms with van der Waals surface area (Å²) in [6, 6.07) is 1.22. The van der Waals surface area contributed by atoms with Crippen molar-refractivity contribution in [2.24, 2.45) is 0 Å².